The van der Waals surface area contributed by atoms with Crippen LogP contribution in [0.4, 0.5) is 0 Å². The summed E-state index contributed by atoms with van der Waals surface area (Å²) in [6.07, 6.45) is 0. The minimum atomic E-state index is -0.571. The first-order valence-electron chi connectivity index (χ1n) is 15.8. The lowest BCUT2D eigenvalue weighted by Gasteiger charge is -2.34. The molecule has 0 amide bonds. The highest BCUT2D eigenvalue weighted by atomic mass is 16.7. The molecule has 1 aliphatic carbocycles. The fourth-order valence-electron chi connectivity index (χ4n) is 6.89. The van der Waals surface area contributed by atoms with Gasteiger partial charge in [0.25, 0.3) is 0 Å². The summed E-state index contributed by atoms with van der Waals surface area (Å²) in [5.74, 6) is 0. The van der Waals surface area contributed by atoms with E-state index in [1.807, 2.05) is 0 Å². The summed E-state index contributed by atoms with van der Waals surface area (Å²) in [5, 5.41) is 0. The number of hydrogen-bond acceptors (Lipinski definition) is 4. The van der Waals surface area contributed by atoms with E-state index in [0.29, 0.717) is 0 Å². The van der Waals surface area contributed by atoms with Crippen molar-refractivity contribution in [2.75, 3.05) is 0 Å². The highest BCUT2D eigenvalue weighted by Crippen LogP contribution is 2.56. The molecule has 4 aromatic rings. The van der Waals surface area contributed by atoms with Crippen molar-refractivity contribution in [2.24, 2.45) is 0 Å². The van der Waals surface area contributed by atoms with E-state index in [-0.39, 0.29) is 0 Å². The van der Waals surface area contributed by atoms with Gasteiger partial charge >= 0.3 is 14.2 Å². The fraction of sp³-hybridized carbons (Fsp3) is 0.368. The summed E-state index contributed by atoms with van der Waals surface area (Å²) < 4.78 is 26.2. The van der Waals surface area contributed by atoms with Crippen molar-refractivity contribution in [1.82, 2.24) is 0 Å². The first-order valence-corrected chi connectivity index (χ1v) is 15.8. The van der Waals surface area contributed by atoms with Crippen molar-refractivity contribution < 1.29 is 18.6 Å². The van der Waals surface area contributed by atoms with Gasteiger partial charge in [-0.05, 0) is 107 Å². The molecule has 3 aliphatic rings. The first kappa shape index (κ1) is 29.6. The average molecular weight is 584 g/mol. The van der Waals surface area contributed by atoms with Crippen LogP contribution in [-0.2, 0) is 24.0 Å². The lowest BCUT2D eigenvalue weighted by molar-refractivity contribution is 0.00578. The zero-order chi connectivity index (χ0) is 31.3. The van der Waals surface area contributed by atoms with E-state index in [1.165, 1.54) is 38.9 Å². The average Bonchev–Trinajstić information content (AvgIpc) is 3.48. The second kappa shape index (κ2) is 9.67. The Morgan fingerprint density at radius 1 is 0.455 bits per heavy atom. The van der Waals surface area contributed by atoms with Crippen molar-refractivity contribution in [3.8, 4) is 11.1 Å². The molecule has 0 radical (unpaired) electrons. The molecule has 4 nitrogen and oxygen atoms in total. The monoisotopic (exact) mass is 584 g/mol. The highest BCUT2D eigenvalue weighted by molar-refractivity contribution is 6.62. The molecule has 2 saturated heterocycles. The Balaban J connectivity index is 1.48. The van der Waals surface area contributed by atoms with Crippen LogP contribution in [0, 0.1) is 6.92 Å². The van der Waals surface area contributed by atoms with Crippen molar-refractivity contribution in [3.05, 3.63) is 119 Å². The maximum absolute atomic E-state index is 6.55. The maximum atomic E-state index is 6.55. The lowest BCUT2D eigenvalue weighted by Crippen LogP contribution is -2.41. The number of rotatable bonds is 4. The summed E-state index contributed by atoms with van der Waals surface area (Å²) in [5.41, 5.74) is 8.30. The van der Waals surface area contributed by atoms with Gasteiger partial charge in [0.05, 0.1) is 27.8 Å². The van der Waals surface area contributed by atoms with Gasteiger partial charge in [-0.25, -0.2) is 0 Å². The first-order chi connectivity index (χ1) is 20.7. The van der Waals surface area contributed by atoms with E-state index in [2.05, 4.69) is 153 Å². The SMILES string of the molecule is Cc1ccc(C2(c3ccccc3)c3cc(B4OC(C)(C)C(C)(C)O4)ccc3-c3ccc(B4OC(C)(C)C(C)(C)O4)cc32)cc1. The number of hydrogen-bond donors (Lipinski definition) is 0. The molecule has 0 spiro atoms. The molecule has 0 aromatic heterocycles. The second-order valence-corrected chi connectivity index (χ2v) is 14.8. The third kappa shape index (κ3) is 4.22. The number of fused-ring (bicyclic) bond motifs is 3. The molecule has 0 unspecified atom stereocenters. The van der Waals surface area contributed by atoms with Crippen LogP contribution in [0.15, 0.2) is 91.0 Å². The Morgan fingerprint density at radius 3 is 1.25 bits per heavy atom. The smallest absolute Gasteiger partial charge is 0.399 e. The van der Waals surface area contributed by atoms with Gasteiger partial charge in [-0.1, -0.05) is 96.6 Å². The second-order valence-electron chi connectivity index (χ2n) is 14.8. The van der Waals surface area contributed by atoms with Gasteiger partial charge in [0.2, 0.25) is 0 Å². The van der Waals surface area contributed by atoms with E-state index >= 15 is 0 Å². The normalized spacial score (nSPS) is 21.8. The highest BCUT2D eigenvalue weighted by Gasteiger charge is 2.54. The summed E-state index contributed by atoms with van der Waals surface area (Å²) in [6.45, 7) is 19.0. The Kier molecular flexibility index (Phi) is 6.50. The summed E-state index contributed by atoms with van der Waals surface area (Å²) >= 11 is 0. The molecule has 6 heteroatoms. The summed E-state index contributed by atoms with van der Waals surface area (Å²) in [7, 11) is -0.915. The minimum absolute atomic E-state index is 0.426. The van der Waals surface area contributed by atoms with Crippen molar-refractivity contribution >= 4 is 25.2 Å². The lowest BCUT2D eigenvalue weighted by atomic mass is 9.65. The van der Waals surface area contributed by atoms with Crippen LogP contribution in [0.1, 0.15) is 83.2 Å². The summed E-state index contributed by atoms with van der Waals surface area (Å²) in [4.78, 5) is 0. The Morgan fingerprint density at radius 2 is 0.841 bits per heavy atom. The minimum Gasteiger partial charge on any atom is -0.399 e. The molecule has 2 aliphatic heterocycles. The van der Waals surface area contributed by atoms with Crippen LogP contribution < -0.4 is 10.9 Å². The third-order valence-corrected chi connectivity index (χ3v) is 10.9. The van der Waals surface area contributed by atoms with Crippen LogP contribution in [0.2, 0.25) is 0 Å². The van der Waals surface area contributed by atoms with Crippen molar-refractivity contribution in [2.45, 2.75) is 90.1 Å². The molecule has 7 rings (SSSR count). The van der Waals surface area contributed by atoms with Gasteiger partial charge in [-0.3, -0.25) is 0 Å². The summed E-state index contributed by atoms with van der Waals surface area (Å²) in [6, 6.07) is 33.3. The van der Waals surface area contributed by atoms with Crippen LogP contribution in [-0.4, -0.2) is 36.6 Å². The molecule has 0 atom stereocenters. The molecular formula is C38H42B2O4. The molecule has 0 N–H and O–H groups in total. The Labute approximate surface area is 263 Å². The Hall–Kier alpha value is -3.15. The van der Waals surface area contributed by atoms with Gasteiger partial charge < -0.3 is 18.6 Å². The van der Waals surface area contributed by atoms with Gasteiger partial charge in [0.15, 0.2) is 0 Å². The largest absolute Gasteiger partial charge is 0.494 e. The van der Waals surface area contributed by atoms with Crippen LogP contribution >= 0.6 is 0 Å². The quantitative estimate of drug-likeness (QED) is 0.214. The van der Waals surface area contributed by atoms with E-state index in [4.69, 9.17) is 18.6 Å². The molecule has 4 aromatic carbocycles. The zero-order valence-electron chi connectivity index (χ0n) is 27.4. The zero-order valence-corrected chi connectivity index (χ0v) is 27.4. The van der Waals surface area contributed by atoms with Crippen LogP contribution in [0.3, 0.4) is 0 Å². The third-order valence-electron chi connectivity index (χ3n) is 10.9. The molecule has 0 bridgehead atoms. The molecule has 44 heavy (non-hydrogen) atoms. The van der Waals surface area contributed by atoms with E-state index < -0.39 is 42.1 Å². The van der Waals surface area contributed by atoms with Gasteiger partial charge in [-0.15, -0.1) is 0 Å². The number of aryl methyl sites for hydroxylation is 1. The standard InChI is InChI=1S/C38H42B2O4/c1-25-15-17-27(18-16-25)38(26-13-11-10-12-14-26)32-23-28(39-41-34(2,3)35(4,5)42-39)19-21-30(32)31-22-20-29(24-33(31)38)40-43-36(6,7)37(8,9)44-40/h10-24H,1-9H3. The van der Waals surface area contributed by atoms with E-state index in [1.54, 1.807) is 0 Å². The number of benzene rings is 4. The predicted octanol–water partition coefficient (Wildman–Crippen LogP) is 6.96. The van der Waals surface area contributed by atoms with Gasteiger partial charge in [-0.2, -0.15) is 0 Å². The van der Waals surface area contributed by atoms with Crippen LogP contribution in [0.25, 0.3) is 11.1 Å². The maximum Gasteiger partial charge on any atom is 0.494 e. The van der Waals surface area contributed by atoms with Gasteiger partial charge in [0.1, 0.15) is 0 Å². The van der Waals surface area contributed by atoms with Crippen LogP contribution in [0.5, 0.6) is 0 Å². The predicted molar refractivity (Wildman–Crippen MR) is 180 cm³/mol. The van der Waals surface area contributed by atoms with Crippen molar-refractivity contribution in [1.29, 1.82) is 0 Å². The van der Waals surface area contributed by atoms with Gasteiger partial charge in [0, 0.05) is 0 Å². The topological polar surface area (TPSA) is 36.9 Å². The molecule has 0 saturated carbocycles. The fourth-order valence-corrected chi connectivity index (χ4v) is 6.89. The molecule has 2 heterocycles. The molecule has 2 fully saturated rings. The molecule has 224 valence electrons. The molecular weight excluding hydrogens is 542 g/mol. The van der Waals surface area contributed by atoms with Crippen molar-refractivity contribution in [3.63, 3.8) is 0 Å². The van der Waals surface area contributed by atoms with E-state index in [0.717, 1.165) is 10.9 Å². The Bertz CT molecular complexity index is 1620. The van der Waals surface area contributed by atoms with E-state index in [9.17, 15) is 0 Å².